The van der Waals surface area contributed by atoms with Crippen LogP contribution in [0, 0.1) is 0 Å². The Bertz CT molecular complexity index is 1080. The van der Waals surface area contributed by atoms with Crippen LogP contribution >= 0.6 is 0 Å². The second kappa shape index (κ2) is 5.65. The van der Waals surface area contributed by atoms with Crippen molar-refractivity contribution >= 4 is 16.7 Å². The van der Waals surface area contributed by atoms with Gasteiger partial charge in [0.25, 0.3) is 0 Å². The van der Waals surface area contributed by atoms with Crippen LogP contribution in [0.25, 0.3) is 16.6 Å². The second-order valence-electron chi connectivity index (χ2n) is 5.69. The van der Waals surface area contributed by atoms with Crippen molar-refractivity contribution in [3.63, 3.8) is 0 Å². The molecule has 6 nitrogen and oxygen atoms in total. The number of rotatable bonds is 2. The van der Waals surface area contributed by atoms with Crippen LogP contribution in [0.4, 0.5) is 19.0 Å². The highest BCUT2D eigenvalue weighted by molar-refractivity contribution is 5.90. The third kappa shape index (κ3) is 2.71. The number of hydrogen-bond acceptors (Lipinski definition) is 5. The van der Waals surface area contributed by atoms with Crippen LogP contribution in [0.2, 0.25) is 0 Å². The van der Waals surface area contributed by atoms with Crippen LogP contribution in [0.5, 0.6) is 11.5 Å². The molecule has 0 saturated carbocycles. The highest BCUT2D eigenvalue weighted by Gasteiger charge is 2.31. The van der Waals surface area contributed by atoms with E-state index in [0.29, 0.717) is 29.9 Å². The predicted octanol–water partition coefficient (Wildman–Crippen LogP) is 2.80. The smallest absolute Gasteiger partial charge is 0.493 e. The van der Waals surface area contributed by atoms with Gasteiger partial charge in [0, 0.05) is 23.4 Å². The first-order valence-corrected chi connectivity index (χ1v) is 7.66. The Balaban J connectivity index is 2.01. The Labute approximate surface area is 144 Å². The quantitative estimate of drug-likeness (QED) is 0.757. The fourth-order valence-corrected chi connectivity index (χ4v) is 3.07. The van der Waals surface area contributed by atoms with E-state index in [2.05, 4.69) is 9.72 Å². The molecule has 3 aromatic rings. The van der Waals surface area contributed by atoms with E-state index in [1.807, 2.05) is 0 Å². The number of fused-ring (bicyclic) bond motifs is 2. The van der Waals surface area contributed by atoms with Crippen molar-refractivity contribution in [2.75, 3.05) is 12.3 Å². The van der Waals surface area contributed by atoms with Crippen LogP contribution in [-0.2, 0) is 6.42 Å². The third-order valence-electron chi connectivity index (χ3n) is 4.09. The Morgan fingerprint density at radius 1 is 1.23 bits per heavy atom. The van der Waals surface area contributed by atoms with Crippen molar-refractivity contribution < 1.29 is 22.6 Å². The van der Waals surface area contributed by atoms with Crippen LogP contribution in [0.1, 0.15) is 5.56 Å². The molecule has 0 amide bonds. The summed E-state index contributed by atoms with van der Waals surface area (Å²) < 4.78 is 48.4. The van der Waals surface area contributed by atoms with E-state index in [-0.39, 0.29) is 11.3 Å². The maximum atomic E-state index is 12.6. The Kier molecular flexibility index (Phi) is 3.53. The van der Waals surface area contributed by atoms with Gasteiger partial charge in [0.15, 0.2) is 0 Å². The normalized spacial score (nSPS) is 13.5. The molecule has 0 fully saturated rings. The lowest BCUT2D eigenvalue weighted by atomic mass is 10.1. The van der Waals surface area contributed by atoms with Gasteiger partial charge in [-0.1, -0.05) is 6.07 Å². The lowest BCUT2D eigenvalue weighted by molar-refractivity contribution is -0.274. The number of ether oxygens (including phenoxy) is 2. The maximum absolute atomic E-state index is 12.6. The van der Waals surface area contributed by atoms with Gasteiger partial charge in [-0.15, -0.1) is 13.2 Å². The number of benzene rings is 2. The summed E-state index contributed by atoms with van der Waals surface area (Å²) >= 11 is 0. The molecule has 0 atom stereocenters. The zero-order chi connectivity index (χ0) is 18.5. The first-order valence-electron chi connectivity index (χ1n) is 7.66. The van der Waals surface area contributed by atoms with Gasteiger partial charge in [-0.3, -0.25) is 4.57 Å². The number of halogens is 3. The molecule has 0 bridgehead atoms. The molecule has 0 saturated heterocycles. The van der Waals surface area contributed by atoms with E-state index in [4.69, 9.17) is 10.5 Å². The highest BCUT2D eigenvalue weighted by atomic mass is 19.4. The van der Waals surface area contributed by atoms with Gasteiger partial charge >= 0.3 is 12.1 Å². The molecule has 9 heteroatoms. The van der Waals surface area contributed by atoms with Gasteiger partial charge in [-0.05, 0) is 24.3 Å². The molecular formula is C17H12F3N3O3. The molecule has 0 spiro atoms. The molecule has 0 aliphatic carbocycles. The molecule has 0 unspecified atom stereocenters. The van der Waals surface area contributed by atoms with Gasteiger partial charge in [0.2, 0.25) is 0 Å². The molecule has 2 N–H and O–H groups in total. The molecule has 4 rings (SSSR count). The van der Waals surface area contributed by atoms with E-state index in [1.165, 1.54) is 10.6 Å². The zero-order valence-electron chi connectivity index (χ0n) is 13.2. The van der Waals surface area contributed by atoms with E-state index < -0.39 is 17.8 Å². The van der Waals surface area contributed by atoms with E-state index in [1.54, 1.807) is 18.2 Å². The average molecular weight is 363 g/mol. The van der Waals surface area contributed by atoms with Crippen molar-refractivity contribution in [2.45, 2.75) is 12.8 Å². The molecule has 26 heavy (non-hydrogen) atoms. The van der Waals surface area contributed by atoms with Crippen molar-refractivity contribution in [1.82, 2.24) is 9.55 Å². The van der Waals surface area contributed by atoms with Gasteiger partial charge in [-0.25, -0.2) is 4.79 Å². The van der Waals surface area contributed by atoms with Gasteiger partial charge in [0.1, 0.15) is 17.3 Å². The zero-order valence-corrected chi connectivity index (χ0v) is 13.2. The summed E-state index contributed by atoms with van der Waals surface area (Å²) in [7, 11) is 0. The Morgan fingerprint density at radius 2 is 2.04 bits per heavy atom. The van der Waals surface area contributed by atoms with E-state index in [9.17, 15) is 18.0 Å². The summed E-state index contributed by atoms with van der Waals surface area (Å²) in [4.78, 5) is 16.3. The second-order valence-corrected chi connectivity index (χ2v) is 5.69. The summed E-state index contributed by atoms with van der Waals surface area (Å²) in [5, 5.41) is 0.343. The van der Waals surface area contributed by atoms with Crippen molar-refractivity contribution in [3.05, 3.63) is 52.4 Å². The molecule has 1 aliphatic rings. The number of hydrogen-bond donors (Lipinski definition) is 1. The fraction of sp³-hybridized carbons (Fsp3) is 0.176. The minimum absolute atomic E-state index is 0.0661. The van der Waals surface area contributed by atoms with Crippen molar-refractivity contribution in [1.29, 1.82) is 0 Å². The van der Waals surface area contributed by atoms with Gasteiger partial charge < -0.3 is 15.2 Å². The van der Waals surface area contributed by atoms with E-state index >= 15 is 0 Å². The SMILES string of the molecule is Nc1nc(=O)n(-c2cccc3c2CCO3)c2cc(OC(F)(F)F)ccc12. The minimum Gasteiger partial charge on any atom is -0.493 e. The maximum Gasteiger partial charge on any atom is 0.573 e. The summed E-state index contributed by atoms with van der Waals surface area (Å²) in [6.07, 6.45) is -4.28. The summed E-state index contributed by atoms with van der Waals surface area (Å²) in [5.74, 6) is 0.110. The van der Waals surface area contributed by atoms with E-state index in [0.717, 1.165) is 17.7 Å². The predicted molar refractivity (Wildman–Crippen MR) is 87.6 cm³/mol. The largest absolute Gasteiger partial charge is 0.573 e. The van der Waals surface area contributed by atoms with Gasteiger partial charge in [-0.2, -0.15) is 4.98 Å². The number of nitrogens with zero attached hydrogens (tertiary/aromatic N) is 2. The summed E-state index contributed by atoms with van der Waals surface area (Å²) in [5.41, 5.74) is 6.53. The van der Waals surface area contributed by atoms with Crippen molar-refractivity contribution in [2.24, 2.45) is 0 Å². The average Bonchev–Trinajstić information content (AvgIpc) is 3.02. The van der Waals surface area contributed by atoms with Crippen LogP contribution in [-0.4, -0.2) is 22.5 Å². The molecule has 1 aliphatic heterocycles. The minimum atomic E-state index is -4.85. The van der Waals surface area contributed by atoms with Crippen LogP contribution in [0.15, 0.2) is 41.2 Å². The monoisotopic (exact) mass is 363 g/mol. The molecule has 1 aromatic heterocycles. The topological polar surface area (TPSA) is 79.4 Å². The number of anilines is 1. The lowest BCUT2D eigenvalue weighted by Crippen LogP contribution is -2.24. The first-order chi connectivity index (χ1) is 12.3. The lowest BCUT2D eigenvalue weighted by Gasteiger charge is -2.15. The molecule has 2 aromatic carbocycles. The highest BCUT2D eigenvalue weighted by Crippen LogP contribution is 2.33. The Hall–Kier alpha value is -3.23. The van der Waals surface area contributed by atoms with Crippen molar-refractivity contribution in [3.8, 4) is 17.2 Å². The van der Waals surface area contributed by atoms with Crippen LogP contribution in [0.3, 0.4) is 0 Å². The number of alkyl halides is 3. The molecular weight excluding hydrogens is 351 g/mol. The fourth-order valence-electron chi connectivity index (χ4n) is 3.07. The summed E-state index contributed by atoms with van der Waals surface area (Å²) in [6.45, 7) is 0.462. The first kappa shape index (κ1) is 16.2. The van der Waals surface area contributed by atoms with Gasteiger partial charge in [0.05, 0.1) is 17.8 Å². The number of nitrogen functional groups attached to an aromatic ring is 1. The number of aromatic nitrogens is 2. The molecule has 2 heterocycles. The molecule has 134 valence electrons. The third-order valence-corrected chi connectivity index (χ3v) is 4.09. The standard InChI is InChI=1S/C17H12F3N3O3/c18-17(19,20)26-9-4-5-11-13(8-9)23(16(24)22-15(11)21)12-2-1-3-14-10(12)6-7-25-14/h1-5,8H,6-7H2,(H2,21,22,24). The summed E-state index contributed by atoms with van der Waals surface area (Å²) in [6, 6.07) is 8.74. The van der Waals surface area contributed by atoms with Crippen LogP contribution < -0.4 is 20.9 Å². The molecule has 0 radical (unpaired) electrons. The Morgan fingerprint density at radius 3 is 2.81 bits per heavy atom. The number of nitrogens with two attached hydrogens (primary N) is 1.